The zero-order valence-electron chi connectivity index (χ0n) is 19.5. The summed E-state index contributed by atoms with van der Waals surface area (Å²) >= 11 is 5.93. The van der Waals surface area contributed by atoms with Crippen molar-refractivity contribution in [2.45, 2.75) is 18.1 Å². The SMILES string of the molecule is O=C1NCC(Cc2ccccc2)(c2cccc(C(F)(F)F)c2)N1c1ccc(Oc2ccc(Cl)cc2)cc1. The molecule has 4 aromatic carbocycles. The van der Waals surface area contributed by atoms with Gasteiger partial charge in [0.05, 0.1) is 11.1 Å². The smallest absolute Gasteiger partial charge is 0.416 e. The zero-order chi connectivity index (χ0) is 26.0. The van der Waals surface area contributed by atoms with Gasteiger partial charge in [-0.25, -0.2) is 4.79 Å². The number of benzene rings is 4. The molecule has 1 aliphatic rings. The molecule has 4 nitrogen and oxygen atoms in total. The standard InChI is InChI=1S/C29H22ClF3N2O2/c30-23-9-13-25(14-10-23)37-26-15-11-24(12-16-26)35-27(36)34-19-28(35,18-20-5-2-1-3-6-20)21-7-4-8-22(17-21)29(31,32)33/h1-17H,18-19H2,(H,34,36). The van der Waals surface area contributed by atoms with Gasteiger partial charge in [-0.3, -0.25) is 4.90 Å². The van der Waals surface area contributed by atoms with Gasteiger partial charge in [0.2, 0.25) is 0 Å². The van der Waals surface area contributed by atoms with E-state index in [2.05, 4.69) is 5.32 Å². The van der Waals surface area contributed by atoms with E-state index in [1.165, 1.54) is 6.07 Å². The molecule has 2 amide bonds. The molecule has 1 fully saturated rings. The summed E-state index contributed by atoms with van der Waals surface area (Å²) in [5.41, 5.74) is -0.0245. The van der Waals surface area contributed by atoms with E-state index in [0.717, 1.165) is 17.7 Å². The lowest BCUT2D eigenvalue weighted by Gasteiger charge is -2.38. The van der Waals surface area contributed by atoms with Crippen LogP contribution in [0.4, 0.5) is 23.7 Å². The van der Waals surface area contributed by atoms with Crippen molar-refractivity contribution in [3.8, 4) is 11.5 Å². The van der Waals surface area contributed by atoms with Gasteiger partial charge in [0, 0.05) is 23.7 Å². The molecule has 8 heteroatoms. The molecule has 1 atom stereocenters. The van der Waals surface area contributed by atoms with Gasteiger partial charge in [0.1, 0.15) is 11.5 Å². The van der Waals surface area contributed by atoms with Crippen LogP contribution < -0.4 is 15.0 Å². The van der Waals surface area contributed by atoms with Crippen molar-refractivity contribution in [3.05, 3.63) is 125 Å². The summed E-state index contributed by atoms with van der Waals surface area (Å²) in [5, 5.41) is 3.45. The molecule has 0 radical (unpaired) electrons. The summed E-state index contributed by atoms with van der Waals surface area (Å²) in [7, 11) is 0. The van der Waals surface area contributed by atoms with Crippen LogP contribution >= 0.6 is 11.6 Å². The Hall–Kier alpha value is -3.97. The summed E-state index contributed by atoms with van der Waals surface area (Å²) in [5.74, 6) is 1.14. The minimum absolute atomic E-state index is 0.144. The molecular weight excluding hydrogens is 501 g/mol. The molecule has 188 valence electrons. The zero-order valence-corrected chi connectivity index (χ0v) is 20.3. The van der Waals surface area contributed by atoms with E-state index in [1.54, 1.807) is 59.5 Å². The van der Waals surface area contributed by atoms with Crippen molar-refractivity contribution in [2.75, 3.05) is 11.4 Å². The number of alkyl halides is 3. The van der Waals surface area contributed by atoms with Crippen LogP contribution in [0, 0.1) is 0 Å². The number of hydrogen-bond acceptors (Lipinski definition) is 2. The first-order valence-electron chi connectivity index (χ1n) is 11.6. The first-order chi connectivity index (χ1) is 17.7. The van der Waals surface area contributed by atoms with Gasteiger partial charge >= 0.3 is 12.2 Å². The number of carbonyl (C=O) groups excluding carboxylic acids is 1. The first-order valence-corrected chi connectivity index (χ1v) is 12.0. The van der Waals surface area contributed by atoms with Crippen LogP contribution in [0.1, 0.15) is 16.7 Å². The number of nitrogens with zero attached hydrogens (tertiary/aromatic N) is 1. The third kappa shape index (κ3) is 5.13. The quantitative estimate of drug-likeness (QED) is 0.280. The number of ether oxygens (including phenoxy) is 1. The highest BCUT2D eigenvalue weighted by Crippen LogP contribution is 2.42. The number of nitrogens with one attached hydrogen (secondary N) is 1. The molecule has 0 spiro atoms. The maximum atomic E-state index is 13.6. The molecule has 4 aromatic rings. The Labute approximate surface area is 217 Å². The molecule has 1 saturated heterocycles. The minimum atomic E-state index is -4.51. The molecule has 1 heterocycles. The van der Waals surface area contributed by atoms with Crippen molar-refractivity contribution in [1.29, 1.82) is 0 Å². The van der Waals surface area contributed by atoms with Crippen LogP contribution in [-0.4, -0.2) is 12.6 Å². The van der Waals surface area contributed by atoms with E-state index in [0.29, 0.717) is 34.2 Å². The van der Waals surface area contributed by atoms with Crippen LogP contribution in [0.2, 0.25) is 5.02 Å². The second kappa shape index (κ2) is 9.82. The number of hydrogen-bond donors (Lipinski definition) is 1. The van der Waals surface area contributed by atoms with E-state index in [4.69, 9.17) is 16.3 Å². The van der Waals surface area contributed by atoms with Crippen molar-refractivity contribution < 1.29 is 22.7 Å². The van der Waals surface area contributed by atoms with Gasteiger partial charge in [-0.1, -0.05) is 54.1 Å². The van der Waals surface area contributed by atoms with E-state index >= 15 is 0 Å². The summed E-state index contributed by atoms with van der Waals surface area (Å²) in [6.45, 7) is 0.144. The highest BCUT2D eigenvalue weighted by Gasteiger charge is 2.48. The number of carbonyl (C=O) groups is 1. The van der Waals surface area contributed by atoms with Gasteiger partial charge in [0.15, 0.2) is 0 Å². The molecule has 0 saturated carbocycles. The normalized spacial score (nSPS) is 17.5. The predicted molar refractivity (Wildman–Crippen MR) is 137 cm³/mol. The molecule has 0 aliphatic carbocycles. The van der Waals surface area contributed by atoms with Crippen molar-refractivity contribution >= 4 is 23.3 Å². The van der Waals surface area contributed by atoms with Gasteiger partial charge < -0.3 is 10.1 Å². The Morgan fingerprint density at radius 1 is 0.865 bits per heavy atom. The Bertz CT molecular complexity index is 1390. The number of urea groups is 1. The lowest BCUT2D eigenvalue weighted by Crippen LogP contribution is -2.47. The van der Waals surface area contributed by atoms with Crippen LogP contribution in [-0.2, 0) is 18.1 Å². The van der Waals surface area contributed by atoms with Crippen LogP contribution in [0.3, 0.4) is 0 Å². The van der Waals surface area contributed by atoms with E-state index in [9.17, 15) is 18.0 Å². The Morgan fingerprint density at radius 2 is 1.51 bits per heavy atom. The second-order valence-corrected chi connectivity index (χ2v) is 9.25. The van der Waals surface area contributed by atoms with Crippen LogP contribution in [0.15, 0.2) is 103 Å². The fourth-order valence-electron chi connectivity index (χ4n) is 4.63. The molecule has 0 aromatic heterocycles. The van der Waals surface area contributed by atoms with Gasteiger partial charge in [-0.05, 0) is 71.8 Å². The Morgan fingerprint density at radius 3 is 2.16 bits per heavy atom. The average Bonchev–Trinajstić information content (AvgIpc) is 3.23. The Balaban J connectivity index is 1.55. The van der Waals surface area contributed by atoms with Gasteiger partial charge in [0.25, 0.3) is 0 Å². The van der Waals surface area contributed by atoms with Crippen LogP contribution in [0.25, 0.3) is 0 Å². The van der Waals surface area contributed by atoms with E-state index < -0.39 is 17.3 Å². The lowest BCUT2D eigenvalue weighted by molar-refractivity contribution is -0.137. The largest absolute Gasteiger partial charge is 0.457 e. The lowest BCUT2D eigenvalue weighted by atomic mass is 9.82. The van der Waals surface area contributed by atoms with Crippen molar-refractivity contribution in [1.82, 2.24) is 5.32 Å². The second-order valence-electron chi connectivity index (χ2n) is 8.82. The van der Waals surface area contributed by atoms with Crippen LogP contribution in [0.5, 0.6) is 11.5 Å². The van der Waals surface area contributed by atoms with E-state index in [1.807, 2.05) is 30.3 Å². The number of halogens is 4. The summed E-state index contributed by atoms with van der Waals surface area (Å²) in [6, 6.07) is 28.0. The van der Waals surface area contributed by atoms with E-state index in [-0.39, 0.29) is 12.6 Å². The number of anilines is 1. The fraction of sp³-hybridized carbons (Fsp3) is 0.138. The highest BCUT2D eigenvalue weighted by atomic mass is 35.5. The molecule has 1 unspecified atom stereocenters. The third-order valence-corrected chi connectivity index (χ3v) is 6.63. The average molecular weight is 523 g/mol. The predicted octanol–water partition coefficient (Wildman–Crippen LogP) is 7.82. The minimum Gasteiger partial charge on any atom is -0.457 e. The number of amides is 2. The molecule has 37 heavy (non-hydrogen) atoms. The third-order valence-electron chi connectivity index (χ3n) is 6.37. The molecule has 5 rings (SSSR count). The first kappa shape index (κ1) is 24.7. The molecule has 1 aliphatic heterocycles. The monoisotopic (exact) mass is 522 g/mol. The molecular formula is C29H22ClF3N2O2. The van der Waals surface area contributed by atoms with Gasteiger partial charge in [-0.2, -0.15) is 13.2 Å². The van der Waals surface area contributed by atoms with Gasteiger partial charge in [-0.15, -0.1) is 0 Å². The number of rotatable bonds is 6. The maximum Gasteiger partial charge on any atom is 0.416 e. The summed E-state index contributed by atoms with van der Waals surface area (Å²) in [4.78, 5) is 14.7. The Kier molecular flexibility index (Phi) is 6.56. The summed E-state index contributed by atoms with van der Waals surface area (Å²) < 4.78 is 46.8. The topological polar surface area (TPSA) is 41.6 Å². The molecule has 1 N–H and O–H groups in total. The fourth-order valence-corrected chi connectivity index (χ4v) is 4.76. The van der Waals surface area contributed by atoms with Crippen molar-refractivity contribution in [2.24, 2.45) is 0 Å². The summed E-state index contributed by atoms with van der Waals surface area (Å²) in [6.07, 6.45) is -4.19. The van der Waals surface area contributed by atoms with Crippen molar-refractivity contribution in [3.63, 3.8) is 0 Å². The molecule has 0 bridgehead atoms. The maximum absolute atomic E-state index is 13.6. The highest BCUT2D eigenvalue weighted by molar-refractivity contribution is 6.30.